The molecule has 0 aliphatic rings. The van der Waals surface area contributed by atoms with Gasteiger partial charge in [0.1, 0.15) is 0 Å². The van der Waals surface area contributed by atoms with Crippen LogP contribution < -0.4 is 0 Å². The zero-order valence-corrected chi connectivity index (χ0v) is 11.7. The van der Waals surface area contributed by atoms with E-state index in [0.29, 0.717) is 0 Å². The van der Waals surface area contributed by atoms with Gasteiger partial charge >= 0.3 is 5.97 Å². The number of benzene rings is 1. The fraction of sp³-hybridized carbons (Fsp3) is 0.286. The Labute approximate surface area is 116 Å². The second-order valence-corrected chi connectivity index (χ2v) is 5.26. The van der Waals surface area contributed by atoms with Crippen LogP contribution in [0.4, 0.5) is 0 Å². The van der Waals surface area contributed by atoms with Crippen molar-refractivity contribution in [2.75, 3.05) is 5.75 Å². The highest BCUT2D eigenvalue weighted by molar-refractivity contribution is 7.99. The molecular formula is C14H16N2O2S. The molecule has 0 bridgehead atoms. The Hall–Kier alpha value is -1.75. The van der Waals surface area contributed by atoms with E-state index in [-0.39, 0.29) is 11.8 Å². The molecule has 100 valence electrons. The Morgan fingerprint density at radius 2 is 2.11 bits per heavy atom. The first-order chi connectivity index (χ1) is 9.09. The third-order valence-electron chi connectivity index (χ3n) is 2.94. The Bertz CT molecular complexity index is 566. The van der Waals surface area contributed by atoms with Crippen molar-refractivity contribution >= 4 is 17.7 Å². The summed E-state index contributed by atoms with van der Waals surface area (Å²) in [4.78, 5) is 15.0. The number of carbonyl (C=O) groups is 1. The van der Waals surface area contributed by atoms with Crippen LogP contribution in [0.3, 0.4) is 0 Å². The van der Waals surface area contributed by atoms with E-state index >= 15 is 0 Å². The van der Waals surface area contributed by atoms with Crippen molar-refractivity contribution in [2.24, 2.45) is 0 Å². The van der Waals surface area contributed by atoms with Gasteiger partial charge in [-0.2, -0.15) is 0 Å². The van der Waals surface area contributed by atoms with Gasteiger partial charge in [-0.05, 0) is 19.4 Å². The zero-order chi connectivity index (χ0) is 13.8. The first kappa shape index (κ1) is 13.7. The first-order valence-corrected chi connectivity index (χ1v) is 7.01. The van der Waals surface area contributed by atoms with Gasteiger partial charge < -0.3 is 9.67 Å². The zero-order valence-electron chi connectivity index (χ0n) is 10.9. The molecule has 4 nitrogen and oxygen atoms in total. The lowest BCUT2D eigenvalue weighted by Gasteiger charge is -2.18. The number of rotatable bonds is 5. The van der Waals surface area contributed by atoms with Crippen LogP contribution in [-0.2, 0) is 4.79 Å². The summed E-state index contributed by atoms with van der Waals surface area (Å²) in [5.41, 5.74) is 2.21. The van der Waals surface area contributed by atoms with E-state index in [1.807, 2.05) is 25.1 Å². The summed E-state index contributed by atoms with van der Waals surface area (Å²) < 4.78 is 2.07. The highest BCUT2D eigenvalue weighted by Crippen LogP contribution is 2.26. The van der Waals surface area contributed by atoms with E-state index in [1.54, 1.807) is 6.20 Å². The maximum absolute atomic E-state index is 10.7. The van der Waals surface area contributed by atoms with Crippen molar-refractivity contribution in [3.05, 3.63) is 47.8 Å². The Kier molecular flexibility index (Phi) is 4.27. The van der Waals surface area contributed by atoms with Crippen molar-refractivity contribution in [2.45, 2.75) is 25.0 Å². The molecule has 5 heteroatoms. The number of nitrogens with zero attached hydrogens (tertiary/aromatic N) is 2. The minimum Gasteiger partial charge on any atom is -0.481 e. The predicted molar refractivity (Wildman–Crippen MR) is 75.6 cm³/mol. The maximum atomic E-state index is 10.7. The van der Waals surface area contributed by atoms with Crippen LogP contribution in [0, 0.1) is 6.92 Å². The smallest absolute Gasteiger partial charge is 0.313 e. The minimum atomic E-state index is -0.829. The number of imidazole rings is 1. The summed E-state index contributed by atoms with van der Waals surface area (Å²) in [6.45, 7) is 4.08. The van der Waals surface area contributed by atoms with Crippen molar-refractivity contribution < 1.29 is 9.90 Å². The number of hydrogen-bond donors (Lipinski definition) is 1. The Morgan fingerprint density at radius 1 is 1.42 bits per heavy atom. The van der Waals surface area contributed by atoms with Gasteiger partial charge in [0.15, 0.2) is 5.16 Å². The van der Waals surface area contributed by atoms with Gasteiger partial charge in [-0.15, -0.1) is 0 Å². The normalized spacial score (nSPS) is 12.3. The van der Waals surface area contributed by atoms with E-state index < -0.39 is 5.97 Å². The van der Waals surface area contributed by atoms with Gasteiger partial charge in [0, 0.05) is 11.9 Å². The summed E-state index contributed by atoms with van der Waals surface area (Å²) in [5.74, 6) is -0.803. The van der Waals surface area contributed by atoms with Crippen molar-refractivity contribution in [3.8, 4) is 0 Å². The third-order valence-corrected chi connectivity index (χ3v) is 3.89. The van der Waals surface area contributed by atoms with Gasteiger partial charge in [0.2, 0.25) is 0 Å². The van der Waals surface area contributed by atoms with Crippen LogP contribution in [0.2, 0.25) is 0 Å². The molecule has 1 N–H and O–H groups in total. The molecule has 0 aliphatic carbocycles. The van der Waals surface area contributed by atoms with Gasteiger partial charge in [-0.3, -0.25) is 4.79 Å². The molecule has 1 unspecified atom stereocenters. The molecule has 0 amide bonds. The summed E-state index contributed by atoms with van der Waals surface area (Å²) in [6, 6.07) is 10.3. The standard InChI is InChI=1S/C14H16N2O2S/c1-10-8-15-14(19-9-13(17)18)16(10)11(2)12-6-4-3-5-7-12/h3-8,11H,9H2,1-2H3,(H,17,18). The summed E-state index contributed by atoms with van der Waals surface area (Å²) >= 11 is 1.25. The van der Waals surface area contributed by atoms with Gasteiger partial charge in [0.05, 0.1) is 11.8 Å². The molecule has 0 aliphatic heterocycles. The third kappa shape index (κ3) is 3.17. The summed E-state index contributed by atoms with van der Waals surface area (Å²) in [5, 5.41) is 9.52. The predicted octanol–water partition coefficient (Wildman–Crippen LogP) is 2.98. The topological polar surface area (TPSA) is 55.1 Å². The molecule has 0 saturated heterocycles. The molecule has 2 rings (SSSR count). The lowest BCUT2D eigenvalue weighted by Crippen LogP contribution is -2.10. The molecule has 1 atom stereocenters. The lowest BCUT2D eigenvalue weighted by molar-refractivity contribution is -0.133. The van der Waals surface area contributed by atoms with Crippen LogP contribution in [-0.4, -0.2) is 26.4 Å². The van der Waals surface area contributed by atoms with Crippen LogP contribution in [0.5, 0.6) is 0 Å². The Balaban J connectivity index is 2.28. The second-order valence-electron chi connectivity index (χ2n) is 4.32. The monoisotopic (exact) mass is 276 g/mol. The largest absolute Gasteiger partial charge is 0.481 e. The second kappa shape index (κ2) is 5.93. The average molecular weight is 276 g/mol. The fourth-order valence-corrected chi connectivity index (χ4v) is 2.83. The molecule has 19 heavy (non-hydrogen) atoms. The first-order valence-electron chi connectivity index (χ1n) is 6.03. The number of aryl methyl sites for hydroxylation is 1. The summed E-state index contributed by atoms with van der Waals surface area (Å²) in [7, 11) is 0. The molecule has 0 saturated carbocycles. The number of aromatic nitrogens is 2. The van der Waals surface area contributed by atoms with E-state index in [1.165, 1.54) is 17.3 Å². The lowest BCUT2D eigenvalue weighted by atomic mass is 10.1. The van der Waals surface area contributed by atoms with E-state index in [2.05, 4.69) is 28.6 Å². The van der Waals surface area contributed by atoms with Crippen LogP contribution in [0.15, 0.2) is 41.7 Å². The van der Waals surface area contributed by atoms with Crippen LogP contribution >= 0.6 is 11.8 Å². The highest BCUT2D eigenvalue weighted by atomic mass is 32.2. The summed E-state index contributed by atoms with van der Waals surface area (Å²) in [6.07, 6.45) is 1.78. The van der Waals surface area contributed by atoms with E-state index in [4.69, 9.17) is 5.11 Å². The molecular weight excluding hydrogens is 260 g/mol. The average Bonchev–Trinajstić information content (AvgIpc) is 2.78. The van der Waals surface area contributed by atoms with Crippen molar-refractivity contribution in [1.82, 2.24) is 9.55 Å². The minimum absolute atomic E-state index is 0.0258. The number of carboxylic acids is 1. The Morgan fingerprint density at radius 3 is 2.74 bits per heavy atom. The number of carboxylic acid groups (broad SMARTS) is 1. The van der Waals surface area contributed by atoms with E-state index in [9.17, 15) is 4.79 Å². The van der Waals surface area contributed by atoms with Crippen LogP contribution in [0.25, 0.3) is 0 Å². The number of hydrogen-bond acceptors (Lipinski definition) is 3. The highest BCUT2D eigenvalue weighted by Gasteiger charge is 2.16. The number of thioether (sulfide) groups is 1. The van der Waals surface area contributed by atoms with Crippen LogP contribution in [0.1, 0.15) is 24.2 Å². The van der Waals surface area contributed by atoms with Gasteiger partial charge in [0.25, 0.3) is 0 Å². The maximum Gasteiger partial charge on any atom is 0.313 e. The molecule has 0 radical (unpaired) electrons. The molecule has 0 spiro atoms. The van der Waals surface area contributed by atoms with Crippen molar-refractivity contribution in [1.29, 1.82) is 0 Å². The van der Waals surface area contributed by atoms with Crippen molar-refractivity contribution in [3.63, 3.8) is 0 Å². The fourth-order valence-electron chi connectivity index (χ4n) is 2.01. The molecule has 2 aromatic rings. The number of aliphatic carboxylic acids is 1. The van der Waals surface area contributed by atoms with Gasteiger partial charge in [-0.1, -0.05) is 42.1 Å². The molecule has 1 aromatic heterocycles. The van der Waals surface area contributed by atoms with E-state index in [0.717, 1.165) is 10.9 Å². The quantitative estimate of drug-likeness (QED) is 0.853. The van der Waals surface area contributed by atoms with Gasteiger partial charge in [-0.25, -0.2) is 4.98 Å². The molecule has 0 fully saturated rings. The molecule has 1 aromatic carbocycles. The SMILES string of the molecule is Cc1cnc(SCC(=O)O)n1C(C)c1ccccc1. The molecule has 1 heterocycles.